The summed E-state index contributed by atoms with van der Waals surface area (Å²) in [6, 6.07) is 0. The van der Waals surface area contributed by atoms with Crippen LogP contribution in [0.5, 0.6) is 0 Å². The van der Waals surface area contributed by atoms with Gasteiger partial charge in [-0.2, -0.15) is 0 Å². The quantitative estimate of drug-likeness (QED) is 0.0448. The predicted molar refractivity (Wildman–Crippen MR) is 204 cm³/mol. The Labute approximate surface area is 289 Å². The molecule has 0 saturated heterocycles. The zero-order chi connectivity index (χ0) is 34.1. The van der Waals surface area contributed by atoms with Gasteiger partial charge >= 0.3 is 5.97 Å². The summed E-state index contributed by atoms with van der Waals surface area (Å²) in [6.45, 7) is 4.96. The number of hydrogen-bond donors (Lipinski definition) is 1. The Hall–Kier alpha value is -2.95. The minimum atomic E-state index is -0.601. The first-order valence-electron chi connectivity index (χ1n) is 18.5. The highest BCUT2D eigenvalue weighted by molar-refractivity contribution is 5.71. The van der Waals surface area contributed by atoms with Gasteiger partial charge in [0.25, 0.3) is 0 Å². The van der Waals surface area contributed by atoms with Crippen molar-refractivity contribution >= 4 is 5.97 Å². The average Bonchev–Trinajstić information content (AvgIpc) is 3.08. The molecule has 0 aromatic carbocycles. The Morgan fingerprint density at radius 3 is 1.34 bits per heavy atom. The van der Waals surface area contributed by atoms with Crippen molar-refractivity contribution in [2.75, 3.05) is 19.8 Å². The third-order valence-corrected chi connectivity index (χ3v) is 7.13. The Morgan fingerprint density at radius 2 is 0.894 bits per heavy atom. The maximum Gasteiger partial charge on any atom is 0.310 e. The summed E-state index contributed by atoms with van der Waals surface area (Å²) in [7, 11) is 0. The first-order valence-corrected chi connectivity index (χ1v) is 18.5. The van der Waals surface area contributed by atoms with E-state index < -0.39 is 6.10 Å². The molecule has 1 unspecified atom stereocenters. The number of carbonyl (C=O) groups excluding carboxylic acids is 1. The van der Waals surface area contributed by atoms with Gasteiger partial charge in [-0.15, -0.1) is 0 Å². The molecule has 0 aromatic rings. The highest BCUT2D eigenvalue weighted by atomic mass is 16.6. The van der Waals surface area contributed by atoms with Gasteiger partial charge in [0.2, 0.25) is 0 Å². The number of aliphatic hydroxyl groups is 1. The fraction of sp³-hybridized carbons (Fsp3) is 0.558. The number of allylic oxidation sites excluding steroid dienone is 17. The normalized spacial score (nSPS) is 13.7. The van der Waals surface area contributed by atoms with E-state index in [0.29, 0.717) is 6.61 Å². The van der Waals surface area contributed by atoms with Gasteiger partial charge in [0.05, 0.1) is 19.6 Å². The number of hydrogen-bond acceptors (Lipinski definition) is 4. The lowest BCUT2D eigenvalue weighted by atomic mass is 10.1. The molecule has 47 heavy (non-hydrogen) atoms. The highest BCUT2D eigenvalue weighted by Gasteiger charge is 2.12. The Balaban J connectivity index is 3.64. The van der Waals surface area contributed by atoms with Crippen LogP contribution in [-0.4, -0.2) is 37.0 Å². The fourth-order valence-electron chi connectivity index (χ4n) is 4.45. The molecule has 264 valence electrons. The standard InChI is InChI=1S/C43H68O4/c1-3-5-7-9-11-13-15-17-19-20-21-22-23-25-27-29-31-33-35-37-39-46-41-42(40-44)47-43(45)38-36-34-32-30-28-26-24-18-16-14-12-10-8-6-4-2/h5-8,11-14,17-19,21-22,24,28,30,34,36,42,44H,3-4,9-10,15-16,20,23,25-27,29,31-33,35,37-41H2,1-2H3/b7-5-,8-6-,13-11-,14-12-,19-17-,22-21-,24-18-,30-28-,36-34-. The second-order valence-electron chi connectivity index (χ2n) is 11.5. The van der Waals surface area contributed by atoms with Crippen LogP contribution in [0.4, 0.5) is 0 Å². The minimum Gasteiger partial charge on any atom is -0.457 e. The van der Waals surface area contributed by atoms with Gasteiger partial charge in [0, 0.05) is 6.61 Å². The average molecular weight is 649 g/mol. The molecule has 4 heteroatoms. The van der Waals surface area contributed by atoms with Crippen LogP contribution in [-0.2, 0) is 14.3 Å². The predicted octanol–water partition coefficient (Wildman–Crippen LogP) is 12.0. The number of ether oxygens (including phenoxy) is 2. The summed E-state index contributed by atoms with van der Waals surface area (Å²) in [4.78, 5) is 12.1. The molecule has 0 rings (SSSR count). The van der Waals surface area contributed by atoms with E-state index in [9.17, 15) is 9.90 Å². The zero-order valence-electron chi connectivity index (χ0n) is 30.0. The van der Waals surface area contributed by atoms with E-state index in [0.717, 1.165) is 70.6 Å². The molecule has 1 atom stereocenters. The van der Waals surface area contributed by atoms with Gasteiger partial charge in [-0.05, 0) is 77.0 Å². The molecule has 0 aliphatic rings. The first kappa shape index (κ1) is 44.1. The van der Waals surface area contributed by atoms with Crippen LogP contribution in [0.3, 0.4) is 0 Å². The summed E-state index contributed by atoms with van der Waals surface area (Å²) in [6.07, 6.45) is 57.2. The van der Waals surface area contributed by atoms with Gasteiger partial charge in [0.1, 0.15) is 6.10 Å². The van der Waals surface area contributed by atoms with Gasteiger partial charge < -0.3 is 14.6 Å². The maximum absolute atomic E-state index is 12.1. The monoisotopic (exact) mass is 649 g/mol. The first-order chi connectivity index (χ1) is 23.2. The van der Waals surface area contributed by atoms with Gasteiger partial charge in [-0.1, -0.05) is 155 Å². The second kappa shape index (κ2) is 39.2. The molecule has 0 amide bonds. The number of rotatable bonds is 32. The van der Waals surface area contributed by atoms with Crippen LogP contribution in [0.1, 0.15) is 129 Å². The smallest absolute Gasteiger partial charge is 0.310 e. The SMILES string of the molecule is CC/C=C\C/C=C\C/C=C\C/C=C\C/C=C\CC(=O)OC(CO)COCCCCCCCCC/C=C\C/C=C\C/C=C\C/C=C\CC. The van der Waals surface area contributed by atoms with Crippen LogP contribution < -0.4 is 0 Å². The molecule has 0 aliphatic carbocycles. The van der Waals surface area contributed by atoms with Gasteiger partial charge in [-0.25, -0.2) is 0 Å². The lowest BCUT2D eigenvalue weighted by Gasteiger charge is -2.15. The van der Waals surface area contributed by atoms with Crippen LogP contribution in [0.2, 0.25) is 0 Å². The Kier molecular flexibility index (Phi) is 36.8. The molecular weight excluding hydrogens is 580 g/mol. The van der Waals surface area contributed by atoms with Crippen molar-refractivity contribution in [3.05, 3.63) is 109 Å². The van der Waals surface area contributed by atoms with E-state index >= 15 is 0 Å². The molecule has 1 N–H and O–H groups in total. The van der Waals surface area contributed by atoms with Crippen molar-refractivity contribution in [3.8, 4) is 0 Å². The molecule has 4 nitrogen and oxygen atoms in total. The summed E-state index contributed by atoms with van der Waals surface area (Å²) in [5.41, 5.74) is 0. The summed E-state index contributed by atoms with van der Waals surface area (Å²) < 4.78 is 11.0. The number of esters is 1. The van der Waals surface area contributed by atoms with E-state index in [1.165, 1.54) is 38.5 Å². The van der Waals surface area contributed by atoms with Crippen LogP contribution in [0.25, 0.3) is 0 Å². The van der Waals surface area contributed by atoms with Gasteiger partial charge in [0.15, 0.2) is 0 Å². The maximum atomic E-state index is 12.1. The zero-order valence-corrected chi connectivity index (χ0v) is 30.0. The van der Waals surface area contributed by atoms with Gasteiger partial charge in [-0.3, -0.25) is 4.79 Å². The molecule has 0 aromatic heterocycles. The van der Waals surface area contributed by atoms with Crippen molar-refractivity contribution in [3.63, 3.8) is 0 Å². The van der Waals surface area contributed by atoms with Crippen LogP contribution >= 0.6 is 0 Å². The number of aliphatic hydroxyl groups excluding tert-OH is 1. The lowest BCUT2D eigenvalue weighted by Crippen LogP contribution is -2.27. The van der Waals surface area contributed by atoms with E-state index in [-0.39, 0.29) is 25.6 Å². The summed E-state index contributed by atoms with van der Waals surface area (Å²) in [5.74, 6) is -0.337. The fourth-order valence-corrected chi connectivity index (χ4v) is 4.45. The molecule has 0 saturated carbocycles. The van der Waals surface area contributed by atoms with Crippen LogP contribution in [0, 0.1) is 0 Å². The lowest BCUT2D eigenvalue weighted by molar-refractivity contribution is -0.153. The van der Waals surface area contributed by atoms with Crippen molar-refractivity contribution in [2.45, 2.75) is 136 Å². The minimum absolute atomic E-state index is 0.202. The van der Waals surface area contributed by atoms with Crippen molar-refractivity contribution < 1.29 is 19.4 Å². The third kappa shape index (κ3) is 37.4. The molecule has 0 radical (unpaired) electrons. The summed E-state index contributed by atoms with van der Waals surface area (Å²) in [5, 5.41) is 9.54. The van der Waals surface area contributed by atoms with E-state index in [1.54, 1.807) is 0 Å². The van der Waals surface area contributed by atoms with E-state index in [4.69, 9.17) is 9.47 Å². The molecule has 0 aliphatic heterocycles. The Bertz CT molecular complexity index is 945. The van der Waals surface area contributed by atoms with Crippen LogP contribution in [0.15, 0.2) is 109 Å². The molecule has 0 fully saturated rings. The van der Waals surface area contributed by atoms with E-state index in [2.05, 4.69) is 111 Å². The van der Waals surface area contributed by atoms with Crippen molar-refractivity contribution in [1.29, 1.82) is 0 Å². The topological polar surface area (TPSA) is 55.8 Å². The molecule has 0 spiro atoms. The molecule has 0 bridgehead atoms. The highest BCUT2D eigenvalue weighted by Crippen LogP contribution is 2.10. The van der Waals surface area contributed by atoms with Crippen molar-refractivity contribution in [1.82, 2.24) is 0 Å². The third-order valence-electron chi connectivity index (χ3n) is 7.13. The number of unbranched alkanes of at least 4 members (excludes halogenated alkanes) is 7. The summed E-state index contributed by atoms with van der Waals surface area (Å²) >= 11 is 0. The van der Waals surface area contributed by atoms with Crippen molar-refractivity contribution in [2.24, 2.45) is 0 Å². The Morgan fingerprint density at radius 1 is 0.511 bits per heavy atom. The van der Waals surface area contributed by atoms with E-state index in [1.807, 2.05) is 12.2 Å². The number of carbonyl (C=O) groups is 1. The largest absolute Gasteiger partial charge is 0.457 e. The second-order valence-corrected chi connectivity index (χ2v) is 11.5. The molecular formula is C43H68O4. The molecule has 0 heterocycles.